The van der Waals surface area contributed by atoms with Crippen LogP contribution in [0, 0.1) is 6.92 Å². The number of amides is 1. The van der Waals surface area contributed by atoms with Crippen molar-refractivity contribution in [3.63, 3.8) is 0 Å². The zero-order valence-electron chi connectivity index (χ0n) is 12.7. The molecule has 0 saturated heterocycles. The quantitative estimate of drug-likeness (QED) is 0.747. The van der Waals surface area contributed by atoms with Crippen LogP contribution in [0.1, 0.15) is 5.56 Å². The number of hydrogen-bond donors (Lipinski definition) is 1. The Morgan fingerprint density at radius 3 is 2.61 bits per heavy atom. The summed E-state index contributed by atoms with van der Waals surface area (Å²) in [5.41, 5.74) is 1.54. The van der Waals surface area contributed by atoms with Gasteiger partial charge in [-0.25, -0.2) is 0 Å². The van der Waals surface area contributed by atoms with Gasteiger partial charge in [-0.15, -0.1) is 0 Å². The lowest BCUT2D eigenvalue weighted by molar-refractivity contribution is -0.118. The molecule has 0 heterocycles. The molecular formula is C19H16ClNO2. The number of rotatable bonds is 4. The van der Waals surface area contributed by atoms with Crippen LogP contribution in [-0.2, 0) is 4.79 Å². The van der Waals surface area contributed by atoms with Gasteiger partial charge in [0.2, 0.25) is 0 Å². The van der Waals surface area contributed by atoms with Crippen molar-refractivity contribution in [2.24, 2.45) is 0 Å². The predicted octanol–water partition coefficient (Wildman–Crippen LogP) is 4.82. The molecule has 23 heavy (non-hydrogen) atoms. The van der Waals surface area contributed by atoms with E-state index in [1.165, 1.54) is 0 Å². The number of fused-ring (bicyclic) bond motifs is 1. The van der Waals surface area contributed by atoms with E-state index in [9.17, 15) is 4.79 Å². The summed E-state index contributed by atoms with van der Waals surface area (Å²) < 4.78 is 5.68. The number of anilines is 1. The van der Waals surface area contributed by atoms with Gasteiger partial charge in [-0.05, 0) is 30.0 Å². The van der Waals surface area contributed by atoms with Crippen molar-refractivity contribution in [1.82, 2.24) is 0 Å². The van der Waals surface area contributed by atoms with Gasteiger partial charge in [0, 0.05) is 5.39 Å². The molecule has 0 fully saturated rings. The Morgan fingerprint density at radius 2 is 1.78 bits per heavy atom. The third-order valence-electron chi connectivity index (χ3n) is 3.59. The van der Waals surface area contributed by atoms with Crippen LogP contribution >= 0.6 is 11.6 Å². The Kier molecular flexibility index (Phi) is 4.49. The topological polar surface area (TPSA) is 38.3 Å². The van der Waals surface area contributed by atoms with E-state index >= 15 is 0 Å². The van der Waals surface area contributed by atoms with E-state index in [1.807, 2.05) is 61.5 Å². The van der Waals surface area contributed by atoms with E-state index in [4.69, 9.17) is 16.3 Å². The van der Waals surface area contributed by atoms with Gasteiger partial charge in [0.1, 0.15) is 5.75 Å². The fourth-order valence-corrected chi connectivity index (χ4v) is 2.70. The summed E-state index contributed by atoms with van der Waals surface area (Å²) in [7, 11) is 0. The number of hydrogen-bond acceptors (Lipinski definition) is 2. The molecule has 0 aliphatic heterocycles. The van der Waals surface area contributed by atoms with Gasteiger partial charge >= 0.3 is 0 Å². The van der Waals surface area contributed by atoms with Crippen LogP contribution in [0.3, 0.4) is 0 Å². The molecule has 3 aromatic rings. The van der Waals surface area contributed by atoms with Crippen molar-refractivity contribution in [3.8, 4) is 5.75 Å². The molecule has 4 heteroatoms. The molecule has 1 N–H and O–H groups in total. The Bertz CT molecular complexity index is 835. The molecule has 3 aromatic carbocycles. The standard InChI is InChI=1S/C19H16ClNO2/c1-13-6-4-10-16(20)19(13)21-18(22)12-23-17-11-5-8-14-7-2-3-9-15(14)17/h2-11H,12H2,1H3,(H,21,22). The van der Waals surface area contributed by atoms with E-state index in [0.717, 1.165) is 16.3 Å². The first-order valence-electron chi connectivity index (χ1n) is 7.30. The summed E-state index contributed by atoms with van der Waals surface area (Å²) in [4.78, 5) is 12.1. The van der Waals surface area contributed by atoms with E-state index in [0.29, 0.717) is 16.5 Å². The molecule has 0 radical (unpaired) electrons. The summed E-state index contributed by atoms with van der Waals surface area (Å²) in [6.07, 6.45) is 0. The second kappa shape index (κ2) is 6.71. The van der Waals surface area contributed by atoms with Crippen molar-refractivity contribution in [2.75, 3.05) is 11.9 Å². The number of nitrogens with one attached hydrogen (secondary N) is 1. The Hall–Kier alpha value is -2.52. The molecule has 0 saturated carbocycles. The average Bonchev–Trinajstić information content (AvgIpc) is 2.56. The highest BCUT2D eigenvalue weighted by atomic mass is 35.5. The first-order chi connectivity index (χ1) is 11.1. The largest absolute Gasteiger partial charge is 0.483 e. The van der Waals surface area contributed by atoms with Gasteiger partial charge in [0.05, 0.1) is 10.7 Å². The molecule has 3 nitrogen and oxygen atoms in total. The van der Waals surface area contributed by atoms with E-state index < -0.39 is 0 Å². The Labute approximate surface area is 139 Å². The number of carbonyl (C=O) groups is 1. The van der Waals surface area contributed by atoms with Gasteiger partial charge in [-0.2, -0.15) is 0 Å². The highest BCUT2D eigenvalue weighted by molar-refractivity contribution is 6.33. The van der Waals surface area contributed by atoms with Crippen molar-refractivity contribution >= 4 is 34.0 Å². The van der Waals surface area contributed by atoms with Crippen molar-refractivity contribution < 1.29 is 9.53 Å². The minimum Gasteiger partial charge on any atom is -0.483 e. The SMILES string of the molecule is Cc1cccc(Cl)c1NC(=O)COc1cccc2ccccc12. The lowest BCUT2D eigenvalue weighted by Crippen LogP contribution is -2.21. The molecule has 0 bridgehead atoms. The number of aryl methyl sites for hydroxylation is 1. The first kappa shape index (κ1) is 15.4. The minimum absolute atomic E-state index is 0.0708. The molecule has 0 spiro atoms. The zero-order chi connectivity index (χ0) is 16.2. The van der Waals surface area contributed by atoms with Crippen LogP contribution in [0.2, 0.25) is 5.02 Å². The summed E-state index contributed by atoms with van der Waals surface area (Å²) in [5, 5.41) is 5.38. The van der Waals surface area contributed by atoms with Gasteiger partial charge in [0.25, 0.3) is 5.91 Å². The van der Waals surface area contributed by atoms with Crippen LogP contribution in [0.4, 0.5) is 5.69 Å². The number of halogens is 1. The van der Waals surface area contributed by atoms with Gasteiger partial charge < -0.3 is 10.1 Å². The molecule has 116 valence electrons. The molecular weight excluding hydrogens is 310 g/mol. The summed E-state index contributed by atoms with van der Waals surface area (Å²) >= 11 is 6.11. The highest BCUT2D eigenvalue weighted by Gasteiger charge is 2.10. The molecule has 3 rings (SSSR count). The number of ether oxygens (including phenoxy) is 1. The van der Waals surface area contributed by atoms with Crippen LogP contribution in [0.15, 0.2) is 60.7 Å². The number of para-hydroxylation sites is 1. The molecule has 0 unspecified atom stereocenters. The Morgan fingerprint density at radius 1 is 1.04 bits per heavy atom. The number of carbonyl (C=O) groups excluding carboxylic acids is 1. The smallest absolute Gasteiger partial charge is 0.262 e. The lowest BCUT2D eigenvalue weighted by atomic mass is 10.1. The predicted molar refractivity (Wildman–Crippen MR) is 94.3 cm³/mol. The van der Waals surface area contributed by atoms with Crippen LogP contribution in [0.5, 0.6) is 5.75 Å². The third-order valence-corrected chi connectivity index (χ3v) is 3.91. The van der Waals surface area contributed by atoms with Gasteiger partial charge in [-0.3, -0.25) is 4.79 Å². The van der Waals surface area contributed by atoms with Crippen molar-refractivity contribution in [1.29, 1.82) is 0 Å². The maximum Gasteiger partial charge on any atom is 0.262 e. The fraction of sp³-hybridized carbons (Fsp3) is 0.105. The van der Waals surface area contributed by atoms with Crippen molar-refractivity contribution in [2.45, 2.75) is 6.92 Å². The maximum atomic E-state index is 12.1. The third kappa shape index (κ3) is 3.46. The second-order valence-electron chi connectivity index (χ2n) is 5.25. The summed E-state index contributed by atoms with van der Waals surface area (Å²) in [5.74, 6) is 0.447. The average molecular weight is 326 g/mol. The second-order valence-corrected chi connectivity index (χ2v) is 5.65. The molecule has 1 amide bonds. The maximum absolute atomic E-state index is 12.1. The Balaban J connectivity index is 1.71. The van der Waals surface area contributed by atoms with Gasteiger partial charge in [0.15, 0.2) is 6.61 Å². The lowest BCUT2D eigenvalue weighted by Gasteiger charge is -2.12. The summed E-state index contributed by atoms with van der Waals surface area (Å²) in [6, 6.07) is 19.2. The van der Waals surface area contributed by atoms with E-state index in [2.05, 4.69) is 5.32 Å². The fourth-order valence-electron chi connectivity index (χ4n) is 2.43. The monoisotopic (exact) mass is 325 g/mol. The summed E-state index contributed by atoms with van der Waals surface area (Å²) in [6.45, 7) is 1.83. The van der Waals surface area contributed by atoms with Gasteiger partial charge in [-0.1, -0.05) is 60.1 Å². The molecule has 0 aliphatic carbocycles. The number of benzene rings is 3. The van der Waals surface area contributed by atoms with E-state index in [1.54, 1.807) is 6.07 Å². The van der Waals surface area contributed by atoms with E-state index in [-0.39, 0.29) is 12.5 Å². The normalized spacial score (nSPS) is 10.5. The molecule has 0 aromatic heterocycles. The van der Waals surface area contributed by atoms with Crippen LogP contribution in [0.25, 0.3) is 10.8 Å². The highest BCUT2D eigenvalue weighted by Crippen LogP contribution is 2.26. The van der Waals surface area contributed by atoms with Crippen LogP contribution in [-0.4, -0.2) is 12.5 Å². The molecule has 0 aliphatic rings. The first-order valence-corrected chi connectivity index (χ1v) is 7.68. The molecule has 0 atom stereocenters. The minimum atomic E-state index is -0.242. The van der Waals surface area contributed by atoms with Crippen LogP contribution < -0.4 is 10.1 Å². The van der Waals surface area contributed by atoms with Crippen molar-refractivity contribution in [3.05, 3.63) is 71.2 Å². The zero-order valence-corrected chi connectivity index (χ0v) is 13.4.